The van der Waals surface area contributed by atoms with Gasteiger partial charge in [0.05, 0.1) is 12.2 Å². The summed E-state index contributed by atoms with van der Waals surface area (Å²) in [7, 11) is 2.19. The van der Waals surface area contributed by atoms with Crippen LogP contribution in [0.3, 0.4) is 0 Å². The molecular weight excluding hydrogens is 212 g/mol. The molecule has 1 heterocycles. The van der Waals surface area contributed by atoms with Crippen LogP contribution < -0.4 is 5.32 Å². The van der Waals surface area contributed by atoms with E-state index in [0.29, 0.717) is 18.2 Å². The molecular formula is C14H30N2O. The quantitative estimate of drug-likeness (QED) is 0.693. The third-order valence-corrected chi connectivity index (χ3v) is 3.43. The molecule has 0 amide bonds. The van der Waals surface area contributed by atoms with Gasteiger partial charge in [-0.3, -0.25) is 0 Å². The summed E-state index contributed by atoms with van der Waals surface area (Å²) in [4.78, 5) is 2.39. The van der Waals surface area contributed by atoms with Crippen molar-refractivity contribution < 1.29 is 4.74 Å². The molecule has 0 aromatic rings. The maximum Gasteiger partial charge on any atom is 0.0603 e. The molecule has 0 aromatic heterocycles. The Morgan fingerprint density at radius 3 is 2.47 bits per heavy atom. The summed E-state index contributed by atoms with van der Waals surface area (Å²) >= 11 is 0. The molecule has 0 bridgehead atoms. The molecule has 102 valence electrons. The Morgan fingerprint density at radius 1 is 1.24 bits per heavy atom. The van der Waals surface area contributed by atoms with Gasteiger partial charge >= 0.3 is 0 Å². The van der Waals surface area contributed by atoms with Crippen LogP contribution in [0.25, 0.3) is 0 Å². The summed E-state index contributed by atoms with van der Waals surface area (Å²) in [6.45, 7) is 10.1. The highest BCUT2D eigenvalue weighted by atomic mass is 16.5. The zero-order valence-electron chi connectivity index (χ0n) is 12.0. The zero-order valence-corrected chi connectivity index (χ0v) is 12.0. The van der Waals surface area contributed by atoms with Crippen LogP contribution in [0, 0.1) is 0 Å². The van der Waals surface area contributed by atoms with Gasteiger partial charge in [0.25, 0.3) is 0 Å². The molecule has 0 aliphatic carbocycles. The number of rotatable bonds is 7. The standard InChI is InChI=1S/C14H30N2O/c1-12(2)15-9-5-6-13(3)17-14-7-10-16(4)11-8-14/h12-15H,5-11H2,1-4H3. The van der Waals surface area contributed by atoms with E-state index in [0.717, 1.165) is 6.54 Å². The minimum absolute atomic E-state index is 0.414. The van der Waals surface area contributed by atoms with E-state index < -0.39 is 0 Å². The molecule has 1 rings (SSSR count). The van der Waals surface area contributed by atoms with Gasteiger partial charge in [-0.05, 0) is 46.2 Å². The van der Waals surface area contributed by atoms with Gasteiger partial charge in [-0.2, -0.15) is 0 Å². The van der Waals surface area contributed by atoms with Crippen LogP contribution in [0.1, 0.15) is 46.5 Å². The van der Waals surface area contributed by atoms with E-state index in [2.05, 4.69) is 38.0 Å². The molecule has 0 spiro atoms. The first-order valence-electron chi connectivity index (χ1n) is 7.15. The van der Waals surface area contributed by atoms with Gasteiger partial charge in [-0.25, -0.2) is 0 Å². The number of ether oxygens (including phenoxy) is 1. The lowest BCUT2D eigenvalue weighted by Crippen LogP contribution is -2.35. The summed E-state index contributed by atoms with van der Waals surface area (Å²) in [5.74, 6) is 0. The van der Waals surface area contributed by atoms with Gasteiger partial charge in [-0.15, -0.1) is 0 Å². The van der Waals surface area contributed by atoms with Crippen molar-refractivity contribution in [3.8, 4) is 0 Å². The number of hydrogen-bond acceptors (Lipinski definition) is 3. The molecule has 1 fully saturated rings. The minimum Gasteiger partial charge on any atom is -0.375 e. The molecule has 1 N–H and O–H groups in total. The van der Waals surface area contributed by atoms with E-state index in [4.69, 9.17) is 4.74 Å². The number of piperidine rings is 1. The summed E-state index contributed by atoms with van der Waals surface area (Å²) in [6, 6.07) is 0.597. The van der Waals surface area contributed by atoms with Gasteiger partial charge in [-0.1, -0.05) is 13.8 Å². The van der Waals surface area contributed by atoms with E-state index in [1.165, 1.54) is 38.8 Å². The van der Waals surface area contributed by atoms with Crippen molar-refractivity contribution in [2.75, 3.05) is 26.7 Å². The average molecular weight is 242 g/mol. The molecule has 3 heteroatoms. The van der Waals surface area contributed by atoms with Crippen molar-refractivity contribution in [2.24, 2.45) is 0 Å². The molecule has 3 nitrogen and oxygen atoms in total. The Balaban J connectivity index is 2.02. The summed E-state index contributed by atoms with van der Waals surface area (Å²) in [5, 5.41) is 3.45. The lowest BCUT2D eigenvalue weighted by Gasteiger charge is -2.31. The van der Waals surface area contributed by atoms with Crippen molar-refractivity contribution in [1.29, 1.82) is 0 Å². The largest absolute Gasteiger partial charge is 0.375 e. The monoisotopic (exact) mass is 242 g/mol. The summed E-state index contributed by atoms with van der Waals surface area (Å²) in [6.07, 6.45) is 5.70. The van der Waals surface area contributed by atoms with Crippen molar-refractivity contribution in [2.45, 2.75) is 64.7 Å². The summed E-state index contributed by atoms with van der Waals surface area (Å²) < 4.78 is 6.09. The second kappa shape index (κ2) is 8.06. The summed E-state index contributed by atoms with van der Waals surface area (Å²) in [5.41, 5.74) is 0. The highest BCUT2D eigenvalue weighted by Gasteiger charge is 2.18. The predicted octanol–water partition coefficient (Wildman–Crippen LogP) is 2.26. The van der Waals surface area contributed by atoms with Gasteiger partial charge in [0.15, 0.2) is 0 Å². The molecule has 0 radical (unpaired) electrons. The highest BCUT2D eigenvalue weighted by Crippen LogP contribution is 2.15. The van der Waals surface area contributed by atoms with Crippen molar-refractivity contribution in [3.63, 3.8) is 0 Å². The van der Waals surface area contributed by atoms with Crippen LogP contribution in [0.4, 0.5) is 0 Å². The Kier molecular flexibility index (Phi) is 7.09. The minimum atomic E-state index is 0.414. The fourth-order valence-corrected chi connectivity index (χ4v) is 2.30. The number of hydrogen-bond donors (Lipinski definition) is 1. The second-order valence-corrected chi connectivity index (χ2v) is 5.70. The van der Waals surface area contributed by atoms with Crippen LogP contribution >= 0.6 is 0 Å². The first kappa shape index (κ1) is 14.9. The van der Waals surface area contributed by atoms with E-state index in [1.807, 2.05) is 0 Å². The molecule has 17 heavy (non-hydrogen) atoms. The molecule has 0 saturated carbocycles. The SMILES string of the molecule is CC(C)NCCCC(C)OC1CCN(C)CC1. The molecule has 1 aliphatic heterocycles. The van der Waals surface area contributed by atoms with E-state index in [-0.39, 0.29) is 0 Å². The van der Waals surface area contributed by atoms with Crippen LogP contribution in [0.15, 0.2) is 0 Å². The van der Waals surface area contributed by atoms with Gasteiger partial charge < -0.3 is 15.0 Å². The van der Waals surface area contributed by atoms with Crippen molar-refractivity contribution in [3.05, 3.63) is 0 Å². The lowest BCUT2D eigenvalue weighted by atomic mass is 10.1. The first-order chi connectivity index (χ1) is 8.08. The number of nitrogens with zero attached hydrogens (tertiary/aromatic N) is 1. The molecule has 1 atom stereocenters. The highest BCUT2D eigenvalue weighted by molar-refractivity contribution is 4.71. The number of nitrogens with one attached hydrogen (secondary N) is 1. The van der Waals surface area contributed by atoms with Crippen LogP contribution in [-0.2, 0) is 4.74 Å². The van der Waals surface area contributed by atoms with E-state index >= 15 is 0 Å². The lowest BCUT2D eigenvalue weighted by molar-refractivity contribution is -0.0349. The second-order valence-electron chi connectivity index (χ2n) is 5.70. The Bertz CT molecular complexity index is 189. The smallest absolute Gasteiger partial charge is 0.0603 e. The van der Waals surface area contributed by atoms with E-state index in [9.17, 15) is 0 Å². The topological polar surface area (TPSA) is 24.5 Å². The van der Waals surface area contributed by atoms with Crippen molar-refractivity contribution in [1.82, 2.24) is 10.2 Å². The Morgan fingerprint density at radius 2 is 1.88 bits per heavy atom. The third kappa shape index (κ3) is 7.02. The van der Waals surface area contributed by atoms with E-state index in [1.54, 1.807) is 0 Å². The maximum atomic E-state index is 6.09. The number of likely N-dealkylation sites (tertiary alicyclic amines) is 1. The van der Waals surface area contributed by atoms with Crippen LogP contribution in [-0.4, -0.2) is 49.8 Å². The fourth-order valence-electron chi connectivity index (χ4n) is 2.30. The molecule has 0 aromatic carbocycles. The normalized spacial score (nSPS) is 21.0. The molecule has 1 unspecified atom stereocenters. The van der Waals surface area contributed by atoms with Gasteiger partial charge in [0, 0.05) is 19.1 Å². The zero-order chi connectivity index (χ0) is 12.7. The molecule has 1 saturated heterocycles. The van der Waals surface area contributed by atoms with Crippen molar-refractivity contribution >= 4 is 0 Å². The van der Waals surface area contributed by atoms with Crippen LogP contribution in [0.5, 0.6) is 0 Å². The average Bonchev–Trinajstić information content (AvgIpc) is 2.27. The maximum absolute atomic E-state index is 6.09. The first-order valence-corrected chi connectivity index (χ1v) is 7.15. The molecule has 1 aliphatic rings. The predicted molar refractivity (Wildman–Crippen MR) is 73.4 cm³/mol. The Labute approximate surface area is 107 Å². The van der Waals surface area contributed by atoms with Gasteiger partial charge in [0.1, 0.15) is 0 Å². The third-order valence-electron chi connectivity index (χ3n) is 3.43. The Hall–Kier alpha value is -0.120. The fraction of sp³-hybridized carbons (Fsp3) is 1.00. The van der Waals surface area contributed by atoms with Crippen LogP contribution in [0.2, 0.25) is 0 Å². The van der Waals surface area contributed by atoms with Gasteiger partial charge in [0.2, 0.25) is 0 Å².